The number of halogens is 2. The van der Waals surface area contributed by atoms with Gasteiger partial charge < -0.3 is 35.4 Å². The smallest absolute Gasteiger partial charge is 0.154 e. The molecule has 2 rings (SSSR count). The van der Waals surface area contributed by atoms with E-state index in [1.807, 2.05) is 0 Å². The molecule has 1 heterocycles. The van der Waals surface area contributed by atoms with E-state index in [1.54, 1.807) is 0 Å². The van der Waals surface area contributed by atoms with E-state index in [9.17, 15) is 0 Å². The van der Waals surface area contributed by atoms with Crippen LogP contribution in [-0.2, 0) is 0 Å². The fourth-order valence-electron chi connectivity index (χ4n) is 1.99. The summed E-state index contributed by atoms with van der Waals surface area (Å²) in [5, 5.41) is 4.84. The van der Waals surface area contributed by atoms with E-state index in [0.717, 1.165) is 11.5 Å². The Morgan fingerprint density at radius 3 is 2.40 bits per heavy atom. The molecule has 0 unspecified atom stereocenters. The molecule has 1 aliphatic carbocycles. The molecule has 0 aromatic carbocycles. The summed E-state index contributed by atoms with van der Waals surface area (Å²) in [6.45, 7) is 2.76. The second-order valence-corrected chi connectivity index (χ2v) is 3.15. The van der Waals surface area contributed by atoms with Crippen molar-refractivity contribution >= 4 is 0 Å². The Bertz CT molecular complexity index is 116. The second kappa shape index (κ2) is 3.26. The largest absolute Gasteiger partial charge is 1.00 e. The van der Waals surface area contributed by atoms with Crippen molar-refractivity contribution in [3.05, 3.63) is 0 Å². The van der Waals surface area contributed by atoms with Crippen LogP contribution in [0.15, 0.2) is 0 Å². The van der Waals surface area contributed by atoms with E-state index in [0.29, 0.717) is 0 Å². The lowest BCUT2D eigenvalue weighted by atomic mass is 10.3. The maximum atomic E-state index is 2.44. The van der Waals surface area contributed by atoms with Gasteiger partial charge in [0.05, 0.1) is 19.5 Å². The zero-order valence-electron chi connectivity index (χ0n) is 6.11. The first-order valence-electron chi connectivity index (χ1n) is 3.49. The van der Waals surface area contributed by atoms with Gasteiger partial charge in [0.1, 0.15) is 6.54 Å². The summed E-state index contributed by atoms with van der Waals surface area (Å²) < 4.78 is 0. The predicted octanol–water partition coefficient (Wildman–Crippen LogP) is -8.48. The van der Waals surface area contributed by atoms with Crippen molar-refractivity contribution in [2.24, 2.45) is 5.92 Å². The lowest BCUT2D eigenvalue weighted by molar-refractivity contribution is -0.724. The zero-order chi connectivity index (χ0) is 5.61. The minimum Gasteiger partial charge on any atom is -1.00 e. The highest BCUT2D eigenvalue weighted by Gasteiger charge is 2.64. The maximum absolute atomic E-state index is 2.44. The van der Waals surface area contributed by atoms with Crippen molar-refractivity contribution in [1.29, 1.82) is 0 Å². The first-order valence-corrected chi connectivity index (χ1v) is 3.49. The minimum atomic E-state index is 0. The Balaban J connectivity index is 0.000000405. The number of piperidine rings is 1. The van der Waals surface area contributed by atoms with Crippen molar-refractivity contribution in [1.82, 2.24) is 0 Å². The molecule has 2 nitrogen and oxygen atoms in total. The van der Waals surface area contributed by atoms with Crippen LogP contribution in [0.5, 0.6) is 0 Å². The number of fused-ring (bicyclic) bond motifs is 1. The molecule has 0 radical (unpaired) electrons. The Morgan fingerprint density at radius 2 is 2.20 bits per heavy atom. The summed E-state index contributed by atoms with van der Waals surface area (Å²) >= 11 is 0. The van der Waals surface area contributed by atoms with Crippen LogP contribution in [0.3, 0.4) is 0 Å². The lowest BCUT2D eigenvalue weighted by Crippen LogP contribution is -3.00. The van der Waals surface area contributed by atoms with Gasteiger partial charge in [-0.1, -0.05) is 0 Å². The maximum Gasteiger partial charge on any atom is 0.154 e. The Hall–Kier alpha value is 0.500. The summed E-state index contributed by atoms with van der Waals surface area (Å²) in [6.07, 6.45) is 1.49. The molecule has 2 atom stereocenters. The van der Waals surface area contributed by atoms with E-state index in [1.165, 1.54) is 19.5 Å². The van der Waals surface area contributed by atoms with E-state index in [-0.39, 0.29) is 24.8 Å². The highest BCUT2D eigenvalue weighted by atomic mass is 35.5. The standard InChI is InChI=1S/C6H12N2.2ClH/c1-7-6-2-5(6)3-8-4-6;;/h5,7-8H,2-4H2,1H3;2*1H/t5-,6-;;/m0../s1. The van der Waals surface area contributed by atoms with Crippen LogP contribution in [0.25, 0.3) is 0 Å². The van der Waals surface area contributed by atoms with Gasteiger partial charge in [-0.3, -0.25) is 0 Å². The molecule has 4 heteroatoms. The number of likely N-dealkylation sites (N-methyl/N-ethyl adjacent to an activating group) is 1. The third-order valence-electron chi connectivity index (χ3n) is 2.83. The number of hydrogen-bond acceptors (Lipinski definition) is 0. The SMILES string of the molecule is C[NH2+][C@@]12C[NH2+]C[C@@H]1C2.[Cl-].[Cl-]. The summed E-state index contributed by atoms with van der Waals surface area (Å²) in [5.41, 5.74) is 0.722. The topological polar surface area (TPSA) is 33.2 Å². The van der Waals surface area contributed by atoms with Gasteiger partial charge in [0, 0.05) is 6.42 Å². The molecule has 0 bridgehead atoms. The van der Waals surface area contributed by atoms with Gasteiger partial charge in [0.2, 0.25) is 0 Å². The summed E-state index contributed by atoms with van der Waals surface area (Å²) in [6, 6.07) is 0. The zero-order valence-corrected chi connectivity index (χ0v) is 7.62. The van der Waals surface area contributed by atoms with Crippen molar-refractivity contribution in [3.63, 3.8) is 0 Å². The highest BCUT2D eigenvalue weighted by molar-refractivity contribution is 5.04. The minimum absolute atomic E-state index is 0. The van der Waals surface area contributed by atoms with Crippen LogP contribution >= 0.6 is 0 Å². The van der Waals surface area contributed by atoms with Gasteiger partial charge in [-0.15, -0.1) is 0 Å². The van der Waals surface area contributed by atoms with Gasteiger partial charge >= 0.3 is 0 Å². The molecule has 2 fully saturated rings. The molecule has 62 valence electrons. The molecule has 0 amide bonds. The first kappa shape index (κ1) is 10.5. The summed E-state index contributed by atoms with van der Waals surface area (Å²) in [7, 11) is 2.21. The van der Waals surface area contributed by atoms with Crippen LogP contribution in [-0.4, -0.2) is 25.7 Å². The molecule has 1 aliphatic heterocycles. The van der Waals surface area contributed by atoms with E-state index >= 15 is 0 Å². The number of hydrogen-bond donors (Lipinski definition) is 2. The second-order valence-electron chi connectivity index (χ2n) is 3.15. The van der Waals surface area contributed by atoms with Crippen molar-refractivity contribution in [3.8, 4) is 0 Å². The summed E-state index contributed by atoms with van der Waals surface area (Å²) in [4.78, 5) is 0. The quantitative estimate of drug-likeness (QED) is 0.407. The molecule has 2 aliphatic rings. The van der Waals surface area contributed by atoms with Gasteiger partial charge in [-0.2, -0.15) is 0 Å². The third-order valence-corrected chi connectivity index (χ3v) is 2.83. The fraction of sp³-hybridized carbons (Fsp3) is 1.00. The summed E-state index contributed by atoms with van der Waals surface area (Å²) in [5.74, 6) is 1.06. The number of rotatable bonds is 1. The van der Waals surface area contributed by atoms with E-state index in [2.05, 4.69) is 17.7 Å². The predicted molar refractivity (Wildman–Crippen MR) is 30.3 cm³/mol. The normalized spacial score (nSPS) is 41.1. The van der Waals surface area contributed by atoms with Crippen molar-refractivity contribution < 1.29 is 35.4 Å². The Kier molecular flexibility index (Phi) is 3.43. The third kappa shape index (κ3) is 1.26. The monoisotopic (exact) mass is 184 g/mol. The molecule has 4 N–H and O–H groups in total. The van der Waals surface area contributed by atoms with Crippen molar-refractivity contribution in [2.75, 3.05) is 20.1 Å². The van der Waals surface area contributed by atoms with E-state index in [4.69, 9.17) is 0 Å². The molecular weight excluding hydrogens is 171 g/mol. The number of nitrogens with two attached hydrogens (primary N) is 2. The molecule has 0 aromatic rings. The van der Waals surface area contributed by atoms with E-state index < -0.39 is 0 Å². The van der Waals surface area contributed by atoms with Gasteiger partial charge in [-0.25, -0.2) is 0 Å². The fourth-order valence-corrected chi connectivity index (χ4v) is 1.99. The Morgan fingerprint density at radius 1 is 1.50 bits per heavy atom. The molecule has 0 spiro atoms. The first-order chi connectivity index (χ1) is 3.87. The average molecular weight is 185 g/mol. The van der Waals surface area contributed by atoms with Crippen LogP contribution in [0.1, 0.15) is 6.42 Å². The lowest BCUT2D eigenvalue weighted by Gasteiger charge is -2.00. The molecular formula is C6H14Cl2N2. The van der Waals surface area contributed by atoms with Crippen LogP contribution in [0.4, 0.5) is 0 Å². The Labute approximate surface area is 74.0 Å². The van der Waals surface area contributed by atoms with Crippen LogP contribution in [0.2, 0.25) is 0 Å². The van der Waals surface area contributed by atoms with Gasteiger partial charge in [0.15, 0.2) is 5.54 Å². The van der Waals surface area contributed by atoms with Crippen molar-refractivity contribution in [2.45, 2.75) is 12.0 Å². The molecule has 1 saturated heterocycles. The molecule has 1 saturated carbocycles. The van der Waals surface area contributed by atoms with Gasteiger partial charge in [-0.05, 0) is 0 Å². The average Bonchev–Trinajstić information content (AvgIpc) is 2.38. The van der Waals surface area contributed by atoms with Crippen LogP contribution < -0.4 is 35.4 Å². The van der Waals surface area contributed by atoms with Gasteiger partial charge in [0.25, 0.3) is 0 Å². The highest BCUT2D eigenvalue weighted by Crippen LogP contribution is 2.39. The molecule has 10 heavy (non-hydrogen) atoms. The molecule has 0 aromatic heterocycles. The number of quaternary nitrogens is 2. The van der Waals surface area contributed by atoms with Crippen LogP contribution in [0, 0.1) is 5.92 Å².